The average Bonchev–Trinajstić information content (AvgIpc) is 2.91. The number of nitrogens with zero attached hydrogens (tertiary/aromatic N) is 2. The van der Waals surface area contributed by atoms with E-state index >= 15 is 0 Å². The fourth-order valence-electron chi connectivity index (χ4n) is 2.89. The van der Waals surface area contributed by atoms with E-state index in [1.165, 1.54) is 12.8 Å². The summed E-state index contributed by atoms with van der Waals surface area (Å²) in [7, 11) is 1.49. The van der Waals surface area contributed by atoms with E-state index in [9.17, 15) is 4.39 Å². The topological polar surface area (TPSA) is 17.4 Å². The minimum atomic E-state index is -0.293. The van der Waals surface area contributed by atoms with Crippen molar-refractivity contribution in [3.63, 3.8) is 0 Å². The number of hydrogen-bond donors (Lipinski definition) is 0. The van der Waals surface area contributed by atoms with E-state index in [4.69, 9.17) is 4.74 Å². The van der Waals surface area contributed by atoms with Gasteiger partial charge in [-0.15, -0.1) is 0 Å². The van der Waals surface area contributed by atoms with Crippen molar-refractivity contribution < 1.29 is 9.13 Å². The van der Waals surface area contributed by atoms with E-state index in [0.29, 0.717) is 11.8 Å². The summed E-state index contributed by atoms with van der Waals surface area (Å²) in [5.41, 5.74) is 2.31. The van der Waals surface area contributed by atoms with Gasteiger partial charge >= 0.3 is 0 Å². The first-order chi connectivity index (χ1) is 9.69. The molecule has 2 aromatic rings. The molecule has 0 bridgehead atoms. The monoisotopic (exact) mass is 274 g/mol. The van der Waals surface area contributed by atoms with Crippen LogP contribution in [0, 0.1) is 5.82 Å². The van der Waals surface area contributed by atoms with Gasteiger partial charge in [-0.2, -0.15) is 0 Å². The summed E-state index contributed by atoms with van der Waals surface area (Å²) in [6, 6.07) is 9.79. The first-order valence-corrected chi connectivity index (χ1v) is 6.90. The number of halogens is 1. The third-order valence-corrected chi connectivity index (χ3v) is 4.07. The van der Waals surface area contributed by atoms with Gasteiger partial charge in [0.1, 0.15) is 0 Å². The Bertz CT molecular complexity index is 608. The van der Waals surface area contributed by atoms with E-state index in [1.54, 1.807) is 12.1 Å². The van der Waals surface area contributed by atoms with E-state index in [2.05, 4.69) is 34.7 Å². The third-order valence-electron chi connectivity index (χ3n) is 4.07. The van der Waals surface area contributed by atoms with Crippen molar-refractivity contribution in [1.29, 1.82) is 0 Å². The van der Waals surface area contributed by atoms with Gasteiger partial charge in [-0.3, -0.25) is 4.90 Å². The maximum atomic E-state index is 13.7. The van der Waals surface area contributed by atoms with Crippen molar-refractivity contribution in [3.8, 4) is 5.75 Å². The van der Waals surface area contributed by atoms with E-state index in [-0.39, 0.29) is 5.82 Å². The Morgan fingerprint density at radius 2 is 2.15 bits per heavy atom. The molecule has 20 heavy (non-hydrogen) atoms. The lowest BCUT2D eigenvalue weighted by atomic mass is 10.1. The van der Waals surface area contributed by atoms with Crippen LogP contribution in [-0.2, 0) is 13.1 Å². The molecular formula is C16H19FN2O. The largest absolute Gasteiger partial charge is 0.494 e. The molecule has 0 spiro atoms. The number of aromatic nitrogens is 1. The van der Waals surface area contributed by atoms with Gasteiger partial charge in [-0.1, -0.05) is 6.07 Å². The Hall–Kier alpha value is -1.81. The zero-order valence-corrected chi connectivity index (χ0v) is 11.8. The molecule has 2 heterocycles. The highest BCUT2D eigenvalue weighted by Crippen LogP contribution is 2.27. The van der Waals surface area contributed by atoms with Crippen molar-refractivity contribution in [2.45, 2.75) is 26.1 Å². The molecule has 0 amide bonds. The van der Waals surface area contributed by atoms with Crippen LogP contribution in [0.2, 0.25) is 0 Å². The van der Waals surface area contributed by atoms with Crippen molar-refractivity contribution in [1.82, 2.24) is 9.47 Å². The Balaban J connectivity index is 1.77. The Morgan fingerprint density at radius 1 is 1.30 bits per heavy atom. The van der Waals surface area contributed by atoms with Gasteiger partial charge in [-0.25, -0.2) is 4.39 Å². The maximum absolute atomic E-state index is 13.7. The molecule has 1 aromatic carbocycles. The number of methoxy groups -OCH3 is 1. The summed E-state index contributed by atoms with van der Waals surface area (Å²) in [5, 5.41) is 0. The molecular weight excluding hydrogens is 255 g/mol. The van der Waals surface area contributed by atoms with Gasteiger partial charge in [0, 0.05) is 37.6 Å². The summed E-state index contributed by atoms with van der Waals surface area (Å²) in [4.78, 5) is 2.37. The highest BCUT2D eigenvalue weighted by atomic mass is 19.1. The standard InChI is InChI=1S/C16H19FN2O/c1-12-15-4-3-7-18(15)8-9-19(12)11-13-5-6-16(20-2)14(17)10-13/h3-7,10,12H,8-9,11H2,1-2H3. The second-order valence-electron chi connectivity index (χ2n) is 5.24. The molecule has 0 saturated heterocycles. The maximum Gasteiger partial charge on any atom is 0.165 e. The summed E-state index contributed by atoms with van der Waals surface area (Å²) < 4.78 is 21.0. The molecule has 0 N–H and O–H groups in total. The van der Waals surface area contributed by atoms with Crippen molar-refractivity contribution in [3.05, 3.63) is 53.6 Å². The van der Waals surface area contributed by atoms with Crippen LogP contribution < -0.4 is 4.74 Å². The molecule has 1 aliphatic heterocycles. The quantitative estimate of drug-likeness (QED) is 0.855. The van der Waals surface area contributed by atoms with Crippen molar-refractivity contribution >= 4 is 0 Å². The van der Waals surface area contributed by atoms with Gasteiger partial charge in [0.2, 0.25) is 0 Å². The van der Waals surface area contributed by atoms with Crippen LogP contribution in [0.25, 0.3) is 0 Å². The van der Waals surface area contributed by atoms with Gasteiger partial charge in [0.25, 0.3) is 0 Å². The van der Waals surface area contributed by atoms with Crippen LogP contribution in [-0.4, -0.2) is 23.1 Å². The van der Waals surface area contributed by atoms with Gasteiger partial charge < -0.3 is 9.30 Å². The second-order valence-corrected chi connectivity index (χ2v) is 5.24. The molecule has 106 valence electrons. The molecule has 4 heteroatoms. The molecule has 0 saturated carbocycles. The highest BCUT2D eigenvalue weighted by Gasteiger charge is 2.23. The molecule has 1 atom stereocenters. The minimum absolute atomic E-state index is 0.293. The number of ether oxygens (including phenoxy) is 1. The van der Waals surface area contributed by atoms with Crippen LogP contribution in [0.5, 0.6) is 5.75 Å². The van der Waals surface area contributed by atoms with Crippen molar-refractivity contribution in [2.75, 3.05) is 13.7 Å². The van der Waals surface area contributed by atoms with Gasteiger partial charge in [0.05, 0.1) is 7.11 Å². The minimum Gasteiger partial charge on any atom is -0.494 e. The first-order valence-electron chi connectivity index (χ1n) is 6.90. The summed E-state index contributed by atoms with van der Waals surface area (Å²) in [5.74, 6) is 0.00681. The molecule has 3 rings (SSSR count). The van der Waals surface area contributed by atoms with E-state index in [0.717, 1.165) is 25.2 Å². The molecule has 1 aromatic heterocycles. The second kappa shape index (κ2) is 5.29. The average molecular weight is 274 g/mol. The lowest BCUT2D eigenvalue weighted by Gasteiger charge is -2.35. The Morgan fingerprint density at radius 3 is 2.90 bits per heavy atom. The molecule has 1 unspecified atom stereocenters. The summed E-state index contributed by atoms with van der Waals surface area (Å²) in [6.07, 6.45) is 2.12. The van der Waals surface area contributed by atoms with E-state index in [1.807, 2.05) is 6.07 Å². The van der Waals surface area contributed by atoms with Crippen LogP contribution in [0.4, 0.5) is 4.39 Å². The smallest absolute Gasteiger partial charge is 0.165 e. The van der Waals surface area contributed by atoms with Crippen molar-refractivity contribution in [2.24, 2.45) is 0 Å². The Labute approximate surface area is 118 Å². The normalized spacial score (nSPS) is 18.9. The predicted octanol–water partition coefficient (Wildman–Crippen LogP) is 3.21. The predicted molar refractivity (Wildman–Crippen MR) is 76.2 cm³/mol. The number of fused-ring (bicyclic) bond motifs is 1. The highest BCUT2D eigenvalue weighted by molar-refractivity contribution is 5.29. The molecule has 0 fully saturated rings. The lowest BCUT2D eigenvalue weighted by molar-refractivity contribution is 0.160. The summed E-state index contributed by atoms with van der Waals surface area (Å²) in [6.45, 7) is 4.93. The van der Waals surface area contributed by atoms with Crippen LogP contribution >= 0.6 is 0 Å². The van der Waals surface area contributed by atoms with Crippen LogP contribution in [0.3, 0.4) is 0 Å². The SMILES string of the molecule is COc1ccc(CN2CCn3cccc3C2C)cc1F. The molecule has 0 aliphatic carbocycles. The number of hydrogen-bond acceptors (Lipinski definition) is 2. The zero-order chi connectivity index (χ0) is 14.1. The lowest BCUT2D eigenvalue weighted by Crippen LogP contribution is -2.35. The molecule has 3 nitrogen and oxygen atoms in total. The third kappa shape index (κ3) is 2.31. The fourth-order valence-corrected chi connectivity index (χ4v) is 2.89. The number of benzene rings is 1. The molecule has 0 radical (unpaired) electrons. The van der Waals surface area contributed by atoms with Gasteiger partial charge in [-0.05, 0) is 36.8 Å². The fraction of sp³-hybridized carbons (Fsp3) is 0.375. The molecule has 1 aliphatic rings. The summed E-state index contributed by atoms with van der Waals surface area (Å²) >= 11 is 0. The number of rotatable bonds is 3. The van der Waals surface area contributed by atoms with Crippen LogP contribution in [0.1, 0.15) is 24.2 Å². The van der Waals surface area contributed by atoms with Gasteiger partial charge in [0.15, 0.2) is 11.6 Å². The van der Waals surface area contributed by atoms with E-state index < -0.39 is 0 Å². The van der Waals surface area contributed by atoms with Crippen LogP contribution in [0.15, 0.2) is 36.5 Å². The first kappa shape index (κ1) is 13.2. The Kier molecular flexibility index (Phi) is 3.49. The zero-order valence-electron chi connectivity index (χ0n) is 11.8.